The summed E-state index contributed by atoms with van der Waals surface area (Å²) in [6.45, 7) is 3.15. The zero-order chi connectivity index (χ0) is 23.6. The summed E-state index contributed by atoms with van der Waals surface area (Å²) < 4.78 is 14.5. The van der Waals surface area contributed by atoms with Gasteiger partial charge in [0, 0.05) is 37.4 Å². The minimum absolute atomic E-state index is 0. The van der Waals surface area contributed by atoms with Crippen LogP contribution in [0.2, 0.25) is 0 Å². The molecular formula is C28H32FN7. The molecule has 0 radical (unpaired) electrons. The van der Waals surface area contributed by atoms with E-state index in [9.17, 15) is 4.39 Å². The summed E-state index contributed by atoms with van der Waals surface area (Å²) in [6, 6.07) is 9.21. The van der Waals surface area contributed by atoms with Crippen LogP contribution in [0.4, 0.5) is 15.9 Å². The van der Waals surface area contributed by atoms with Crippen LogP contribution >= 0.6 is 0 Å². The number of aliphatic imine (C=N–C) groups is 1. The average Bonchev–Trinajstić information content (AvgIpc) is 3.43. The van der Waals surface area contributed by atoms with Gasteiger partial charge in [0.2, 0.25) is 0 Å². The van der Waals surface area contributed by atoms with Gasteiger partial charge in [0.15, 0.2) is 5.84 Å². The van der Waals surface area contributed by atoms with E-state index in [1.165, 1.54) is 6.07 Å². The number of rotatable bonds is 1. The maximum Gasteiger partial charge on any atom is 0.156 e. The van der Waals surface area contributed by atoms with Crippen LogP contribution in [0.25, 0.3) is 0 Å². The molecule has 1 fully saturated rings. The van der Waals surface area contributed by atoms with Crippen molar-refractivity contribution in [1.29, 1.82) is 0 Å². The van der Waals surface area contributed by atoms with E-state index in [0.717, 1.165) is 97.3 Å². The minimum Gasteiger partial charge on any atom is -0.355 e. The van der Waals surface area contributed by atoms with Crippen molar-refractivity contribution in [3.05, 3.63) is 76.8 Å². The Morgan fingerprint density at radius 2 is 1.89 bits per heavy atom. The lowest BCUT2D eigenvalue weighted by Gasteiger charge is -2.42. The van der Waals surface area contributed by atoms with Crippen LogP contribution in [-0.4, -0.2) is 40.4 Å². The number of hydrogen-bond donors (Lipinski definition) is 1. The van der Waals surface area contributed by atoms with Gasteiger partial charge >= 0.3 is 0 Å². The van der Waals surface area contributed by atoms with Crippen LogP contribution in [0.5, 0.6) is 0 Å². The second-order valence-electron chi connectivity index (χ2n) is 10.2. The number of hydrogen-bond acceptors (Lipinski definition) is 7. The molecule has 2 aromatic heterocycles. The molecule has 3 aliphatic heterocycles. The number of pyridine rings is 1. The van der Waals surface area contributed by atoms with Crippen molar-refractivity contribution in [1.82, 2.24) is 15.0 Å². The van der Waals surface area contributed by atoms with Crippen LogP contribution in [0.3, 0.4) is 0 Å². The Morgan fingerprint density at radius 1 is 1.03 bits per heavy atom. The quantitative estimate of drug-likeness (QED) is 0.556. The molecule has 186 valence electrons. The average molecular weight is 486 g/mol. The van der Waals surface area contributed by atoms with Crippen LogP contribution in [0.1, 0.15) is 60.9 Å². The fourth-order valence-electron chi connectivity index (χ4n) is 6.47. The standard InChI is InChI=1S/C27H28FN7.CH4/c28-18-5-1-4-17-14-27(25(29)23(17)18)8-12-34(13-9-27)22-16-31-24-20(33-22)15-32-26(24)35-11-3-6-19-21(35)7-2-10-30-19;/h1-2,4-5,7,10,16,25H,3,6,8-9,11-15,29H2;1H4/t25-;/m0./s1. The molecule has 1 saturated heterocycles. The van der Waals surface area contributed by atoms with Crippen molar-refractivity contribution in [2.75, 3.05) is 29.4 Å². The Morgan fingerprint density at radius 3 is 2.72 bits per heavy atom. The molecule has 0 amide bonds. The molecule has 0 bridgehead atoms. The fraction of sp³-hybridized carbons (Fsp3) is 0.429. The van der Waals surface area contributed by atoms with Crippen molar-refractivity contribution in [2.24, 2.45) is 16.1 Å². The summed E-state index contributed by atoms with van der Waals surface area (Å²) in [7, 11) is 0. The molecule has 7 nitrogen and oxygen atoms in total. The lowest BCUT2D eigenvalue weighted by molar-refractivity contribution is 0.185. The lowest BCUT2D eigenvalue weighted by atomic mass is 9.73. The summed E-state index contributed by atoms with van der Waals surface area (Å²) in [5.74, 6) is 1.63. The number of piperidine rings is 1. The Balaban J connectivity index is 0.00000240. The van der Waals surface area contributed by atoms with Crippen molar-refractivity contribution in [3.8, 4) is 0 Å². The van der Waals surface area contributed by atoms with E-state index in [2.05, 4.69) is 20.9 Å². The number of nitrogens with zero attached hydrogens (tertiary/aromatic N) is 6. The third kappa shape index (κ3) is 3.42. The molecule has 1 spiro atoms. The molecule has 0 unspecified atom stereocenters. The van der Waals surface area contributed by atoms with Gasteiger partial charge in [0.1, 0.15) is 17.3 Å². The molecule has 8 heteroatoms. The SMILES string of the molecule is C.N[C@H]1c2c(F)cccc2CC12CCN(c1cnc3c(n1)CN=C3N1CCCc3ncccc31)CC2. The van der Waals surface area contributed by atoms with Crippen LogP contribution in [-0.2, 0) is 19.4 Å². The molecule has 7 rings (SSSR count). The smallest absolute Gasteiger partial charge is 0.156 e. The number of aryl methyl sites for hydroxylation is 1. The van der Waals surface area contributed by atoms with Gasteiger partial charge in [-0.2, -0.15) is 0 Å². The second-order valence-corrected chi connectivity index (χ2v) is 10.2. The largest absolute Gasteiger partial charge is 0.355 e. The summed E-state index contributed by atoms with van der Waals surface area (Å²) in [6.07, 6.45) is 8.48. The first-order valence-electron chi connectivity index (χ1n) is 12.5. The molecule has 36 heavy (non-hydrogen) atoms. The fourth-order valence-corrected chi connectivity index (χ4v) is 6.47. The first-order chi connectivity index (χ1) is 17.1. The summed E-state index contributed by atoms with van der Waals surface area (Å²) in [4.78, 5) is 23.7. The Bertz CT molecular complexity index is 1350. The number of amidine groups is 1. The maximum atomic E-state index is 14.5. The number of benzene rings is 1. The third-order valence-corrected chi connectivity index (χ3v) is 8.37. The predicted octanol–water partition coefficient (Wildman–Crippen LogP) is 4.20. The van der Waals surface area contributed by atoms with Crippen LogP contribution < -0.4 is 15.5 Å². The highest BCUT2D eigenvalue weighted by molar-refractivity contribution is 6.11. The van der Waals surface area contributed by atoms with Gasteiger partial charge in [-0.3, -0.25) is 9.98 Å². The van der Waals surface area contributed by atoms with Gasteiger partial charge < -0.3 is 15.5 Å². The van der Waals surface area contributed by atoms with Gasteiger partial charge in [0.25, 0.3) is 0 Å². The molecule has 1 atom stereocenters. The second kappa shape index (κ2) is 8.62. The van der Waals surface area contributed by atoms with Crippen molar-refractivity contribution in [3.63, 3.8) is 0 Å². The van der Waals surface area contributed by atoms with E-state index in [1.54, 1.807) is 6.07 Å². The number of fused-ring (bicyclic) bond motifs is 3. The molecule has 1 aromatic carbocycles. The molecular weight excluding hydrogens is 453 g/mol. The number of halogens is 1. The van der Waals surface area contributed by atoms with Gasteiger partial charge in [-0.05, 0) is 61.3 Å². The molecule has 5 heterocycles. The Hall–Kier alpha value is -3.39. The predicted molar refractivity (Wildman–Crippen MR) is 140 cm³/mol. The van der Waals surface area contributed by atoms with E-state index in [0.29, 0.717) is 6.54 Å². The zero-order valence-corrected chi connectivity index (χ0v) is 19.6. The third-order valence-electron chi connectivity index (χ3n) is 8.37. The van der Waals surface area contributed by atoms with Crippen LogP contribution in [0, 0.1) is 11.2 Å². The Labute approximate surface area is 211 Å². The molecule has 1 aliphatic carbocycles. The van der Waals surface area contributed by atoms with Crippen molar-refractivity contribution >= 4 is 17.3 Å². The highest BCUT2D eigenvalue weighted by atomic mass is 19.1. The normalized spacial score (nSPS) is 21.5. The van der Waals surface area contributed by atoms with Gasteiger partial charge in [0.05, 0.1) is 29.8 Å². The van der Waals surface area contributed by atoms with Gasteiger partial charge in [-0.25, -0.2) is 14.4 Å². The zero-order valence-electron chi connectivity index (χ0n) is 19.6. The topological polar surface area (TPSA) is 83.5 Å². The molecule has 4 aliphatic rings. The van der Waals surface area contributed by atoms with Gasteiger partial charge in [-0.15, -0.1) is 0 Å². The van der Waals surface area contributed by atoms with Crippen molar-refractivity contribution < 1.29 is 4.39 Å². The van der Waals surface area contributed by atoms with Crippen LogP contribution in [0.15, 0.2) is 47.7 Å². The van der Waals surface area contributed by atoms with E-state index in [1.807, 2.05) is 24.5 Å². The highest BCUT2D eigenvalue weighted by Gasteiger charge is 2.47. The number of aromatic nitrogens is 3. The summed E-state index contributed by atoms with van der Waals surface area (Å²) in [5.41, 5.74) is 12.4. The number of anilines is 2. The first-order valence-corrected chi connectivity index (χ1v) is 12.5. The van der Waals surface area contributed by atoms with E-state index < -0.39 is 0 Å². The molecule has 0 saturated carbocycles. The highest BCUT2D eigenvalue weighted by Crippen LogP contribution is 2.51. The number of nitrogens with two attached hydrogens (primary N) is 1. The molecule has 2 N–H and O–H groups in total. The first kappa shape index (κ1) is 23.0. The van der Waals surface area contributed by atoms with Crippen molar-refractivity contribution in [2.45, 2.75) is 52.1 Å². The van der Waals surface area contributed by atoms with E-state index in [-0.39, 0.29) is 24.7 Å². The lowest BCUT2D eigenvalue weighted by Crippen LogP contribution is -2.44. The molecule has 3 aromatic rings. The minimum atomic E-state index is -0.246. The summed E-state index contributed by atoms with van der Waals surface area (Å²) >= 11 is 0. The van der Waals surface area contributed by atoms with E-state index >= 15 is 0 Å². The monoisotopic (exact) mass is 485 g/mol. The summed E-state index contributed by atoms with van der Waals surface area (Å²) in [5, 5.41) is 0. The van der Waals surface area contributed by atoms with Gasteiger partial charge in [-0.1, -0.05) is 19.6 Å². The Kier molecular flexibility index (Phi) is 5.52. The van der Waals surface area contributed by atoms with E-state index in [4.69, 9.17) is 20.7 Å². The maximum absolute atomic E-state index is 14.5.